The third kappa shape index (κ3) is 1.80. The van der Waals surface area contributed by atoms with Gasteiger partial charge in [-0.25, -0.2) is 14.4 Å². The first-order chi connectivity index (χ1) is 8.24. The van der Waals surface area contributed by atoms with E-state index >= 15 is 0 Å². The van der Waals surface area contributed by atoms with Crippen LogP contribution in [0.4, 0.5) is 4.39 Å². The Hall–Kier alpha value is -1.82. The second kappa shape index (κ2) is 3.89. The molecule has 3 rings (SSSR count). The summed E-state index contributed by atoms with van der Waals surface area (Å²) in [4.78, 5) is 8.46. The van der Waals surface area contributed by atoms with Crippen molar-refractivity contribution in [1.29, 1.82) is 0 Å². The molecule has 0 aliphatic heterocycles. The molecule has 2 heterocycles. The number of halogens is 2. The Balaban J connectivity index is 2.39. The predicted octanol–water partition coefficient (Wildman–Crippen LogP) is 2.92. The molecule has 0 radical (unpaired) electrons. The number of H-pyrrole nitrogens is 1. The number of aromatic nitrogens is 4. The van der Waals surface area contributed by atoms with Gasteiger partial charge < -0.3 is 0 Å². The molecule has 0 atom stereocenters. The van der Waals surface area contributed by atoms with Crippen LogP contribution in [0.2, 0.25) is 0 Å². The topological polar surface area (TPSA) is 54.5 Å². The molecular weight excluding hydrogens is 287 g/mol. The molecular formula is C11H6BrFN4. The van der Waals surface area contributed by atoms with Crippen LogP contribution in [-0.4, -0.2) is 20.2 Å². The minimum atomic E-state index is -0.312. The van der Waals surface area contributed by atoms with Gasteiger partial charge in [0.05, 0.1) is 17.4 Å². The molecule has 3 aromatic rings. The summed E-state index contributed by atoms with van der Waals surface area (Å²) < 4.78 is 13.7. The van der Waals surface area contributed by atoms with E-state index in [9.17, 15) is 4.39 Å². The number of hydrogen-bond acceptors (Lipinski definition) is 3. The van der Waals surface area contributed by atoms with Crippen LogP contribution in [0.5, 0.6) is 0 Å². The maximum atomic E-state index is 13.3. The smallest absolute Gasteiger partial charge is 0.197 e. The van der Waals surface area contributed by atoms with Gasteiger partial charge in [0.2, 0.25) is 0 Å². The zero-order valence-electron chi connectivity index (χ0n) is 8.48. The van der Waals surface area contributed by atoms with E-state index in [-0.39, 0.29) is 5.82 Å². The first-order valence-corrected chi connectivity index (χ1v) is 5.65. The highest BCUT2D eigenvalue weighted by atomic mass is 79.9. The molecule has 1 N–H and O–H groups in total. The SMILES string of the molecule is Fc1ccc2nc(Br)nc(-c3cn[nH]c3)c2c1. The zero-order valence-corrected chi connectivity index (χ0v) is 10.1. The number of benzene rings is 1. The van der Waals surface area contributed by atoms with Gasteiger partial charge in [-0.05, 0) is 34.1 Å². The average molecular weight is 293 g/mol. The number of rotatable bonds is 1. The fourth-order valence-electron chi connectivity index (χ4n) is 1.67. The number of nitrogens with one attached hydrogen (secondary N) is 1. The highest BCUT2D eigenvalue weighted by Gasteiger charge is 2.10. The Morgan fingerprint density at radius 3 is 2.88 bits per heavy atom. The van der Waals surface area contributed by atoms with Crippen molar-refractivity contribution in [2.75, 3.05) is 0 Å². The first kappa shape index (κ1) is 10.3. The van der Waals surface area contributed by atoms with Crippen LogP contribution in [0.25, 0.3) is 22.2 Å². The van der Waals surface area contributed by atoms with Crippen LogP contribution >= 0.6 is 15.9 Å². The number of fused-ring (bicyclic) bond motifs is 1. The van der Waals surface area contributed by atoms with Crippen molar-refractivity contribution >= 4 is 26.8 Å². The van der Waals surface area contributed by atoms with Crippen LogP contribution in [0.1, 0.15) is 0 Å². The summed E-state index contributed by atoms with van der Waals surface area (Å²) in [5, 5.41) is 7.23. The van der Waals surface area contributed by atoms with Crippen LogP contribution in [0, 0.1) is 5.82 Å². The molecule has 0 spiro atoms. The van der Waals surface area contributed by atoms with Crippen molar-refractivity contribution in [1.82, 2.24) is 20.2 Å². The minimum absolute atomic E-state index is 0.312. The standard InChI is InChI=1S/C11H6BrFN4/c12-11-16-9-2-1-7(13)3-8(9)10(17-11)6-4-14-15-5-6/h1-5H,(H,14,15). The van der Waals surface area contributed by atoms with Gasteiger partial charge in [0, 0.05) is 17.1 Å². The number of aromatic amines is 1. The maximum absolute atomic E-state index is 13.3. The third-order valence-electron chi connectivity index (χ3n) is 2.40. The van der Waals surface area contributed by atoms with Crippen LogP contribution in [0.15, 0.2) is 35.3 Å². The van der Waals surface area contributed by atoms with Gasteiger partial charge in [0.15, 0.2) is 4.73 Å². The van der Waals surface area contributed by atoms with Crippen LogP contribution < -0.4 is 0 Å². The summed E-state index contributed by atoms with van der Waals surface area (Å²) in [6.45, 7) is 0. The fourth-order valence-corrected chi connectivity index (χ4v) is 2.04. The van der Waals surface area contributed by atoms with E-state index in [1.165, 1.54) is 12.1 Å². The Labute approximate surface area is 104 Å². The van der Waals surface area contributed by atoms with E-state index in [0.29, 0.717) is 21.3 Å². The lowest BCUT2D eigenvalue weighted by molar-refractivity contribution is 0.629. The lowest BCUT2D eigenvalue weighted by Crippen LogP contribution is -1.91. The van der Waals surface area contributed by atoms with Gasteiger partial charge in [-0.1, -0.05) is 0 Å². The zero-order chi connectivity index (χ0) is 11.8. The first-order valence-electron chi connectivity index (χ1n) is 4.86. The monoisotopic (exact) mass is 292 g/mol. The summed E-state index contributed by atoms with van der Waals surface area (Å²) in [5.41, 5.74) is 2.13. The van der Waals surface area contributed by atoms with E-state index < -0.39 is 0 Å². The van der Waals surface area contributed by atoms with Crippen LogP contribution in [0.3, 0.4) is 0 Å². The molecule has 1 aromatic carbocycles. The van der Waals surface area contributed by atoms with E-state index in [2.05, 4.69) is 36.1 Å². The quantitative estimate of drug-likeness (QED) is 0.702. The number of nitrogens with zero attached hydrogens (tertiary/aromatic N) is 3. The van der Waals surface area contributed by atoms with E-state index in [0.717, 1.165) is 5.56 Å². The second-order valence-electron chi connectivity index (χ2n) is 3.49. The van der Waals surface area contributed by atoms with Gasteiger partial charge >= 0.3 is 0 Å². The van der Waals surface area contributed by atoms with Gasteiger partial charge in [-0.15, -0.1) is 0 Å². The number of hydrogen-bond donors (Lipinski definition) is 1. The summed E-state index contributed by atoms with van der Waals surface area (Å²) in [6, 6.07) is 4.42. The molecule has 2 aromatic heterocycles. The highest BCUT2D eigenvalue weighted by molar-refractivity contribution is 9.10. The van der Waals surface area contributed by atoms with Crippen molar-refractivity contribution < 1.29 is 4.39 Å². The summed E-state index contributed by atoms with van der Waals surface area (Å²) in [6.07, 6.45) is 3.35. The average Bonchev–Trinajstić information content (AvgIpc) is 2.82. The van der Waals surface area contributed by atoms with E-state index in [1.807, 2.05) is 0 Å². The summed E-state index contributed by atoms with van der Waals surface area (Å²) in [7, 11) is 0. The molecule has 0 bridgehead atoms. The Morgan fingerprint density at radius 2 is 2.12 bits per heavy atom. The Morgan fingerprint density at radius 1 is 1.24 bits per heavy atom. The Kier molecular flexibility index (Phi) is 2.36. The maximum Gasteiger partial charge on any atom is 0.197 e. The van der Waals surface area contributed by atoms with Crippen molar-refractivity contribution in [2.45, 2.75) is 0 Å². The second-order valence-corrected chi connectivity index (χ2v) is 4.20. The molecule has 4 nitrogen and oxygen atoms in total. The predicted molar refractivity (Wildman–Crippen MR) is 64.8 cm³/mol. The van der Waals surface area contributed by atoms with E-state index in [4.69, 9.17) is 0 Å². The third-order valence-corrected chi connectivity index (χ3v) is 2.76. The normalized spacial score (nSPS) is 10.9. The largest absolute Gasteiger partial charge is 0.285 e. The lowest BCUT2D eigenvalue weighted by atomic mass is 10.1. The molecule has 0 saturated heterocycles. The van der Waals surface area contributed by atoms with Gasteiger partial charge in [-0.2, -0.15) is 5.10 Å². The molecule has 0 fully saturated rings. The fraction of sp³-hybridized carbons (Fsp3) is 0. The Bertz CT molecular complexity index is 681. The van der Waals surface area contributed by atoms with Crippen molar-refractivity contribution in [3.05, 3.63) is 41.1 Å². The molecule has 0 unspecified atom stereocenters. The molecule has 0 aliphatic rings. The lowest BCUT2D eigenvalue weighted by Gasteiger charge is -2.04. The molecule has 6 heteroatoms. The molecule has 84 valence electrons. The highest BCUT2D eigenvalue weighted by Crippen LogP contribution is 2.27. The van der Waals surface area contributed by atoms with Crippen molar-refractivity contribution in [2.24, 2.45) is 0 Å². The molecule has 0 aliphatic carbocycles. The summed E-state index contributed by atoms with van der Waals surface area (Å²) >= 11 is 3.24. The van der Waals surface area contributed by atoms with Crippen molar-refractivity contribution in [3.8, 4) is 11.3 Å². The van der Waals surface area contributed by atoms with Crippen molar-refractivity contribution in [3.63, 3.8) is 0 Å². The van der Waals surface area contributed by atoms with Gasteiger partial charge in [0.25, 0.3) is 0 Å². The molecule has 0 amide bonds. The van der Waals surface area contributed by atoms with Crippen LogP contribution in [-0.2, 0) is 0 Å². The summed E-state index contributed by atoms with van der Waals surface area (Å²) in [5.74, 6) is -0.312. The minimum Gasteiger partial charge on any atom is -0.285 e. The molecule has 0 saturated carbocycles. The molecule has 17 heavy (non-hydrogen) atoms. The van der Waals surface area contributed by atoms with Gasteiger partial charge in [0.1, 0.15) is 5.82 Å². The van der Waals surface area contributed by atoms with Gasteiger partial charge in [-0.3, -0.25) is 5.10 Å². The van der Waals surface area contributed by atoms with E-state index in [1.54, 1.807) is 18.5 Å².